The van der Waals surface area contributed by atoms with Crippen molar-refractivity contribution in [2.45, 2.75) is 84.0 Å². The van der Waals surface area contributed by atoms with E-state index in [-0.39, 0.29) is 0 Å². The first-order chi connectivity index (χ1) is 8.24. The van der Waals surface area contributed by atoms with Gasteiger partial charge in [-0.25, -0.2) is 0 Å². The Labute approximate surface area is 129 Å². The number of rotatable bonds is 8. The van der Waals surface area contributed by atoms with Crippen molar-refractivity contribution in [2.75, 3.05) is 0 Å². The Morgan fingerprint density at radius 3 is 2.22 bits per heavy atom. The summed E-state index contributed by atoms with van der Waals surface area (Å²) in [6.07, 6.45) is 8.99. The van der Waals surface area contributed by atoms with Gasteiger partial charge in [-0.05, 0) is 28.6 Å². The van der Waals surface area contributed by atoms with E-state index in [9.17, 15) is 0 Å². The maximum absolute atomic E-state index is 6.47. The van der Waals surface area contributed by atoms with E-state index in [1.807, 2.05) is 0 Å². The number of hydrogen-bond donors (Lipinski definition) is 0. The highest BCUT2D eigenvalue weighted by Gasteiger charge is 2.38. The fourth-order valence-corrected chi connectivity index (χ4v) is 3.37. The third kappa shape index (κ3) is 7.29. The van der Waals surface area contributed by atoms with Crippen molar-refractivity contribution in [3.05, 3.63) is 10.2 Å². The Balaban J connectivity index is 4.35. The van der Waals surface area contributed by atoms with E-state index >= 15 is 0 Å². The molecule has 0 aliphatic heterocycles. The molecule has 0 amide bonds. The first kappa shape index (κ1) is 18.6. The van der Waals surface area contributed by atoms with Crippen LogP contribution in [0.4, 0.5) is 0 Å². The van der Waals surface area contributed by atoms with Crippen LogP contribution in [0.1, 0.15) is 59.8 Å². The van der Waals surface area contributed by atoms with Crippen LogP contribution in [0.5, 0.6) is 0 Å². The Hall–Kier alpha value is 0.647. The monoisotopic (exact) mass is 382 g/mol. The molecule has 0 aliphatic carbocycles. The standard InChI is InChI=1S/C15H31IOSi/c1-7-8-9-10-11-14(12-13-16)17-18(5,6)15(2,3)4/h12-14H,7-11H2,1-6H3/t14-/m0/s1. The molecule has 0 fully saturated rings. The van der Waals surface area contributed by atoms with E-state index < -0.39 is 8.32 Å². The van der Waals surface area contributed by atoms with Gasteiger partial charge in [0.2, 0.25) is 0 Å². The molecule has 0 aromatic rings. The molecule has 0 spiro atoms. The van der Waals surface area contributed by atoms with Crippen LogP contribution in [-0.4, -0.2) is 14.4 Å². The highest BCUT2D eigenvalue weighted by atomic mass is 127. The van der Waals surface area contributed by atoms with Crippen LogP contribution >= 0.6 is 22.6 Å². The zero-order valence-electron chi connectivity index (χ0n) is 13.1. The van der Waals surface area contributed by atoms with Gasteiger partial charge < -0.3 is 4.43 Å². The van der Waals surface area contributed by atoms with Crippen LogP contribution in [0.15, 0.2) is 10.2 Å². The average molecular weight is 382 g/mol. The molecular weight excluding hydrogens is 351 g/mol. The normalized spacial score (nSPS) is 15.3. The third-order valence-electron chi connectivity index (χ3n) is 3.88. The highest BCUT2D eigenvalue weighted by molar-refractivity contribution is 14.1. The minimum atomic E-state index is -1.63. The van der Waals surface area contributed by atoms with Gasteiger partial charge in [0.25, 0.3) is 0 Å². The summed E-state index contributed by atoms with van der Waals surface area (Å²) in [5, 5.41) is 0.299. The van der Waals surface area contributed by atoms with Gasteiger partial charge in [0.1, 0.15) is 0 Å². The lowest BCUT2D eigenvalue weighted by atomic mass is 10.1. The number of halogens is 1. The van der Waals surface area contributed by atoms with Crippen LogP contribution in [0.3, 0.4) is 0 Å². The van der Waals surface area contributed by atoms with Gasteiger partial charge in [0.15, 0.2) is 8.32 Å². The molecule has 0 aliphatic rings. The van der Waals surface area contributed by atoms with Gasteiger partial charge >= 0.3 is 0 Å². The molecule has 18 heavy (non-hydrogen) atoms. The van der Waals surface area contributed by atoms with Gasteiger partial charge in [-0.15, -0.1) is 0 Å². The lowest BCUT2D eigenvalue weighted by Crippen LogP contribution is -2.43. The van der Waals surface area contributed by atoms with Crippen LogP contribution in [0.25, 0.3) is 0 Å². The largest absolute Gasteiger partial charge is 0.411 e. The maximum atomic E-state index is 6.47. The quantitative estimate of drug-likeness (QED) is 0.272. The second-order valence-electron chi connectivity index (χ2n) is 6.58. The van der Waals surface area contributed by atoms with Crippen LogP contribution in [0.2, 0.25) is 18.1 Å². The summed E-state index contributed by atoms with van der Waals surface area (Å²) in [5.74, 6) is 0. The minimum absolute atomic E-state index is 0.299. The van der Waals surface area contributed by atoms with Crippen molar-refractivity contribution < 1.29 is 4.43 Å². The van der Waals surface area contributed by atoms with E-state index in [0.29, 0.717) is 11.1 Å². The molecule has 0 aromatic carbocycles. The molecule has 3 heteroatoms. The minimum Gasteiger partial charge on any atom is -0.411 e. The molecular formula is C15H31IOSi. The van der Waals surface area contributed by atoms with Gasteiger partial charge in [0.05, 0.1) is 6.10 Å². The smallest absolute Gasteiger partial charge is 0.192 e. The molecule has 0 rings (SSSR count). The molecule has 1 atom stereocenters. The zero-order chi connectivity index (χ0) is 14.2. The van der Waals surface area contributed by atoms with Gasteiger partial charge in [-0.2, -0.15) is 0 Å². The van der Waals surface area contributed by atoms with Gasteiger partial charge in [-0.1, -0.05) is 82.0 Å². The van der Waals surface area contributed by atoms with Crippen LogP contribution < -0.4 is 0 Å². The summed E-state index contributed by atoms with van der Waals surface area (Å²) in [5.41, 5.74) is 0. The Bertz CT molecular complexity index is 243. The van der Waals surface area contributed by atoms with Gasteiger partial charge in [-0.3, -0.25) is 0 Å². The highest BCUT2D eigenvalue weighted by Crippen LogP contribution is 2.38. The fraction of sp³-hybridized carbons (Fsp3) is 0.867. The van der Waals surface area contributed by atoms with E-state index in [2.05, 4.69) is 73.5 Å². The number of unbranched alkanes of at least 4 members (excludes halogenated alkanes) is 3. The fourth-order valence-electron chi connectivity index (χ4n) is 1.60. The average Bonchev–Trinajstić information content (AvgIpc) is 2.22. The van der Waals surface area contributed by atoms with Crippen LogP contribution in [-0.2, 0) is 4.43 Å². The van der Waals surface area contributed by atoms with Crippen molar-refractivity contribution in [1.82, 2.24) is 0 Å². The van der Waals surface area contributed by atoms with Crippen molar-refractivity contribution in [2.24, 2.45) is 0 Å². The summed E-state index contributed by atoms with van der Waals surface area (Å²) in [7, 11) is -1.63. The lowest BCUT2D eigenvalue weighted by molar-refractivity contribution is 0.211. The van der Waals surface area contributed by atoms with Crippen molar-refractivity contribution in [3.8, 4) is 0 Å². The predicted octanol–water partition coefficient (Wildman–Crippen LogP) is 6.30. The molecule has 0 saturated heterocycles. The number of hydrogen-bond acceptors (Lipinski definition) is 1. The Morgan fingerprint density at radius 2 is 1.78 bits per heavy atom. The van der Waals surface area contributed by atoms with Crippen LogP contribution in [0, 0.1) is 0 Å². The molecule has 0 heterocycles. The second-order valence-corrected chi connectivity index (χ2v) is 12.1. The molecule has 0 saturated carbocycles. The van der Waals surface area contributed by atoms with Gasteiger partial charge in [0, 0.05) is 0 Å². The summed E-state index contributed by atoms with van der Waals surface area (Å²) < 4.78 is 8.58. The third-order valence-corrected chi connectivity index (χ3v) is 8.80. The first-order valence-corrected chi connectivity index (χ1v) is 11.3. The Kier molecular flexibility index (Phi) is 9.06. The SMILES string of the molecule is CCCCCC[C@@H](C=CI)O[Si](C)(C)C(C)(C)C. The summed E-state index contributed by atoms with van der Waals surface area (Å²) in [4.78, 5) is 0. The first-order valence-electron chi connectivity index (χ1n) is 7.19. The lowest BCUT2D eigenvalue weighted by Gasteiger charge is -2.38. The molecule has 0 radical (unpaired) electrons. The molecule has 0 unspecified atom stereocenters. The van der Waals surface area contributed by atoms with E-state index in [4.69, 9.17) is 4.43 Å². The van der Waals surface area contributed by atoms with Crippen molar-refractivity contribution in [1.29, 1.82) is 0 Å². The molecule has 108 valence electrons. The zero-order valence-corrected chi connectivity index (χ0v) is 16.2. The topological polar surface area (TPSA) is 9.23 Å². The molecule has 0 N–H and O–H groups in total. The van der Waals surface area contributed by atoms with E-state index in [1.165, 1.54) is 32.1 Å². The molecule has 0 bridgehead atoms. The molecule has 1 nitrogen and oxygen atoms in total. The van der Waals surface area contributed by atoms with Crippen molar-refractivity contribution >= 4 is 30.9 Å². The second kappa shape index (κ2) is 8.75. The maximum Gasteiger partial charge on any atom is 0.192 e. The predicted molar refractivity (Wildman–Crippen MR) is 94.0 cm³/mol. The summed E-state index contributed by atoms with van der Waals surface area (Å²) in [6, 6.07) is 0. The Morgan fingerprint density at radius 1 is 1.17 bits per heavy atom. The van der Waals surface area contributed by atoms with Crippen molar-refractivity contribution in [3.63, 3.8) is 0 Å². The van der Waals surface area contributed by atoms with E-state index in [1.54, 1.807) is 0 Å². The molecule has 0 aromatic heterocycles. The summed E-state index contributed by atoms with van der Waals surface area (Å²) in [6.45, 7) is 13.9. The van der Waals surface area contributed by atoms with E-state index in [0.717, 1.165) is 0 Å². The summed E-state index contributed by atoms with van der Waals surface area (Å²) >= 11 is 2.30.